The predicted molar refractivity (Wildman–Crippen MR) is 58.6 cm³/mol. The van der Waals surface area contributed by atoms with Crippen LogP contribution in [0.25, 0.3) is 0 Å². The molecule has 0 saturated carbocycles. The molecular formula is C10H21ClN2. The Hall–Kier alpha value is -0.110. The first kappa shape index (κ1) is 12.9. The van der Waals surface area contributed by atoms with Crippen LogP contribution < -0.4 is 0 Å². The molecule has 0 aliphatic carbocycles. The Labute approximate surface area is 86.8 Å². The van der Waals surface area contributed by atoms with Gasteiger partial charge in [-0.15, -0.1) is 11.6 Å². The van der Waals surface area contributed by atoms with E-state index in [1.54, 1.807) is 0 Å². The van der Waals surface area contributed by atoms with E-state index >= 15 is 0 Å². The predicted octanol–water partition coefficient (Wildman–Crippen LogP) is 3.89. The monoisotopic (exact) mass is 204 g/mol. The van der Waals surface area contributed by atoms with E-state index in [0.29, 0.717) is 12.5 Å². The van der Waals surface area contributed by atoms with Crippen LogP contribution in [0.5, 0.6) is 0 Å². The van der Waals surface area contributed by atoms with E-state index in [2.05, 4.69) is 24.1 Å². The van der Waals surface area contributed by atoms with Gasteiger partial charge >= 0.3 is 0 Å². The van der Waals surface area contributed by atoms with E-state index in [0.717, 1.165) is 6.42 Å². The van der Waals surface area contributed by atoms with Gasteiger partial charge in [-0.05, 0) is 33.1 Å². The molecule has 2 nitrogen and oxygen atoms in total. The van der Waals surface area contributed by atoms with Crippen molar-refractivity contribution in [3.63, 3.8) is 0 Å². The van der Waals surface area contributed by atoms with Crippen LogP contribution in [-0.2, 0) is 0 Å². The number of alkyl halides is 1. The first-order chi connectivity index (χ1) is 5.81. The number of nitrogens with zero attached hydrogens (tertiary/aromatic N) is 2. The van der Waals surface area contributed by atoms with Gasteiger partial charge in [-0.3, -0.25) is 0 Å². The van der Waals surface area contributed by atoms with Gasteiger partial charge in [-0.25, -0.2) is 0 Å². The molecule has 0 aromatic heterocycles. The second-order valence-corrected chi connectivity index (χ2v) is 5.44. The van der Waals surface area contributed by atoms with Gasteiger partial charge in [-0.2, -0.15) is 10.2 Å². The highest BCUT2D eigenvalue weighted by Crippen LogP contribution is 2.12. The van der Waals surface area contributed by atoms with Gasteiger partial charge in [0, 0.05) is 0 Å². The number of hydrogen-bond donors (Lipinski definition) is 0. The minimum absolute atomic E-state index is 0.0750. The zero-order valence-electron chi connectivity index (χ0n) is 9.34. The topological polar surface area (TPSA) is 24.7 Å². The quantitative estimate of drug-likeness (QED) is 0.491. The fraction of sp³-hybridized carbons (Fsp3) is 1.00. The molecule has 0 heterocycles. The third-order valence-electron chi connectivity index (χ3n) is 1.38. The number of hydrogen-bond acceptors (Lipinski definition) is 2. The first-order valence-electron chi connectivity index (χ1n) is 4.84. The van der Waals surface area contributed by atoms with Crippen molar-refractivity contribution < 1.29 is 0 Å². The smallest absolute Gasteiger partial charge is 0.0763 e. The molecule has 0 N–H and O–H groups in total. The molecule has 0 radical (unpaired) electrons. The van der Waals surface area contributed by atoms with Crippen LogP contribution in [0.4, 0.5) is 0 Å². The summed E-state index contributed by atoms with van der Waals surface area (Å²) in [7, 11) is 0. The minimum atomic E-state index is -0.0750. The lowest BCUT2D eigenvalue weighted by molar-refractivity contribution is 0.518. The van der Waals surface area contributed by atoms with Crippen molar-refractivity contribution in [1.82, 2.24) is 0 Å². The molecular weight excluding hydrogens is 184 g/mol. The molecule has 0 fully saturated rings. The lowest BCUT2D eigenvalue weighted by atomic mass is 10.1. The molecule has 1 unspecified atom stereocenters. The van der Waals surface area contributed by atoms with Gasteiger partial charge in [0.2, 0.25) is 0 Å². The summed E-state index contributed by atoms with van der Waals surface area (Å²) in [5.74, 6) is 0.632. The average Bonchev–Trinajstić information content (AvgIpc) is 1.81. The van der Waals surface area contributed by atoms with Crippen molar-refractivity contribution in [2.45, 2.75) is 52.0 Å². The molecule has 0 aromatic carbocycles. The van der Waals surface area contributed by atoms with E-state index in [9.17, 15) is 0 Å². The van der Waals surface area contributed by atoms with Crippen LogP contribution >= 0.6 is 11.6 Å². The maximum Gasteiger partial charge on any atom is 0.0763 e. The van der Waals surface area contributed by atoms with Crippen molar-refractivity contribution in [3.05, 3.63) is 0 Å². The minimum Gasteiger partial charge on any atom is -0.192 e. The molecule has 13 heavy (non-hydrogen) atoms. The standard InChI is InChI=1S/C10H21ClN2/c1-8(2)6-9(11)7-12-13-10(3,4)5/h8-9H,6-7H2,1-5H3/b13-12+. The Morgan fingerprint density at radius 1 is 1.23 bits per heavy atom. The highest BCUT2D eigenvalue weighted by Gasteiger charge is 2.09. The van der Waals surface area contributed by atoms with Crippen LogP contribution in [0, 0.1) is 5.92 Å². The van der Waals surface area contributed by atoms with Gasteiger partial charge in [0.05, 0.1) is 17.5 Å². The lowest BCUT2D eigenvalue weighted by Crippen LogP contribution is -2.11. The SMILES string of the molecule is CC(C)CC(Cl)C/N=N/C(C)(C)C. The fourth-order valence-electron chi connectivity index (χ4n) is 0.928. The summed E-state index contributed by atoms with van der Waals surface area (Å²) in [4.78, 5) is 0. The summed E-state index contributed by atoms with van der Waals surface area (Å²) in [6, 6.07) is 0. The first-order valence-corrected chi connectivity index (χ1v) is 5.27. The molecule has 0 aliphatic heterocycles. The second-order valence-electron chi connectivity index (χ2n) is 4.82. The largest absolute Gasteiger partial charge is 0.192 e. The molecule has 0 saturated heterocycles. The molecule has 0 rings (SSSR count). The fourth-order valence-corrected chi connectivity index (χ4v) is 1.35. The average molecular weight is 205 g/mol. The number of halogens is 1. The third kappa shape index (κ3) is 9.81. The van der Waals surface area contributed by atoms with Crippen LogP contribution in [0.3, 0.4) is 0 Å². The molecule has 0 amide bonds. The normalized spacial score (nSPS) is 15.6. The van der Waals surface area contributed by atoms with Crippen LogP contribution in [0.2, 0.25) is 0 Å². The van der Waals surface area contributed by atoms with Crippen LogP contribution in [-0.4, -0.2) is 17.5 Å². The molecule has 0 bridgehead atoms. The van der Waals surface area contributed by atoms with Gasteiger partial charge in [0.1, 0.15) is 0 Å². The second kappa shape index (κ2) is 5.58. The van der Waals surface area contributed by atoms with Crippen molar-refractivity contribution in [2.75, 3.05) is 6.54 Å². The summed E-state index contributed by atoms with van der Waals surface area (Å²) >= 11 is 6.05. The van der Waals surface area contributed by atoms with Crippen molar-refractivity contribution in [1.29, 1.82) is 0 Å². The van der Waals surface area contributed by atoms with E-state index < -0.39 is 0 Å². The Kier molecular flexibility index (Phi) is 5.54. The van der Waals surface area contributed by atoms with Crippen molar-refractivity contribution >= 4 is 11.6 Å². The summed E-state index contributed by atoms with van der Waals surface area (Å²) < 4.78 is 0. The van der Waals surface area contributed by atoms with E-state index in [-0.39, 0.29) is 10.9 Å². The van der Waals surface area contributed by atoms with Crippen LogP contribution in [0.15, 0.2) is 10.2 Å². The summed E-state index contributed by atoms with van der Waals surface area (Å²) in [5.41, 5.74) is -0.0750. The Bertz CT molecular complexity index is 159. The van der Waals surface area contributed by atoms with Crippen molar-refractivity contribution in [3.8, 4) is 0 Å². The molecule has 78 valence electrons. The maximum atomic E-state index is 6.05. The Morgan fingerprint density at radius 2 is 1.77 bits per heavy atom. The highest BCUT2D eigenvalue weighted by atomic mass is 35.5. The van der Waals surface area contributed by atoms with Gasteiger partial charge in [0.25, 0.3) is 0 Å². The maximum absolute atomic E-state index is 6.05. The number of azo groups is 1. The van der Waals surface area contributed by atoms with E-state index in [1.807, 2.05) is 20.8 Å². The van der Waals surface area contributed by atoms with Crippen LogP contribution in [0.1, 0.15) is 41.0 Å². The van der Waals surface area contributed by atoms with E-state index in [1.165, 1.54) is 0 Å². The zero-order valence-corrected chi connectivity index (χ0v) is 10.1. The molecule has 0 spiro atoms. The number of rotatable bonds is 4. The molecule has 3 heteroatoms. The van der Waals surface area contributed by atoms with Gasteiger partial charge in [-0.1, -0.05) is 13.8 Å². The van der Waals surface area contributed by atoms with E-state index in [4.69, 9.17) is 11.6 Å². The highest BCUT2D eigenvalue weighted by molar-refractivity contribution is 6.20. The molecule has 0 aromatic rings. The van der Waals surface area contributed by atoms with Gasteiger partial charge in [0.15, 0.2) is 0 Å². The summed E-state index contributed by atoms with van der Waals surface area (Å²) in [6.45, 7) is 11.1. The zero-order chi connectivity index (χ0) is 10.5. The lowest BCUT2D eigenvalue weighted by Gasteiger charge is -2.11. The Balaban J connectivity index is 3.70. The summed E-state index contributed by atoms with van der Waals surface area (Å²) in [6.07, 6.45) is 1.00. The Morgan fingerprint density at radius 3 is 2.15 bits per heavy atom. The summed E-state index contributed by atoms with van der Waals surface area (Å²) in [5, 5.41) is 8.36. The molecule has 1 atom stereocenters. The third-order valence-corrected chi connectivity index (χ3v) is 1.69. The van der Waals surface area contributed by atoms with Gasteiger partial charge < -0.3 is 0 Å². The molecule has 0 aliphatic rings. The van der Waals surface area contributed by atoms with Crippen molar-refractivity contribution in [2.24, 2.45) is 16.1 Å².